The van der Waals surface area contributed by atoms with E-state index in [9.17, 15) is 4.79 Å². The number of carboxylic acid groups (broad SMARTS) is 1. The van der Waals surface area contributed by atoms with E-state index in [0.29, 0.717) is 23.3 Å². The molecule has 0 atom stereocenters. The summed E-state index contributed by atoms with van der Waals surface area (Å²) < 4.78 is 5.17. The normalized spacial score (nSPS) is 14.4. The molecule has 1 amide bonds. The van der Waals surface area contributed by atoms with E-state index in [1.807, 2.05) is 0 Å². The highest BCUT2D eigenvalue weighted by atomic mass is 16.5. The van der Waals surface area contributed by atoms with Gasteiger partial charge >= 0.3 is 6.09 Å². The van der Waals surface area contributed by atoms with E-state index >= 15 is 0 Å². The second kappa shape index (κ2) is 4.14. The number of benzene rings is 1. The van der Waals surface area contributed by atoms with Gasteiger partial charge < -0.3 is 9.63 Å². The molecule has 1 fully saturated rings. The number of rotatable bonds is 3. The molecule has 18 heavy (non-hydrogen) atoms. The molecule has 2 N–H and O–H groups in total. The second-order valence-corrected chi connectivity index (χ2v) is 4.24. The quantitative estimate of drug-likeness (QED) is 0.867. The summed E-state index contributed by atoms with van der Waals surface area (Å²) in [7, 11) is 0. The van der Waals surface area contributed by atoms with Crippen molar-refractivity contribution in [1.82, 2.24) is 10.1 Å². The Balaban J connectivity index is 1.80. The first-order chi connectivity index (χ1) is 8.72. The zero-order valence-electron chi connectivity index (χ0n) is 9.46. The Bertz CT molecular complexity index is 573. The van der Waals surface area contributed by atoms with Crippen LogP contribution in [0.15, 0.2) is 28.8 Å². The van der Waals surface area contributed by atoms with Gasteiger partial charge in [0.1, 0.15) is 0 Å². The largest absolute Gasteiger partial charge is 0.465 e. The highest BCUT2D eigenvalue weighted by molar-refractivity contribution is 5.83. The van der Waals surface area contributed by atoms with Crippen LogP contribution in [-0.4, -0.2) is 21.3 Å². The molecule has 1 aliphatic carbocycles. The van der Waals surface area contributed by atoms with Crippen LogP contribution < -0.4 is 5.32 Å². The third kappa shape index (κ3) is 2.17. The number of hydrogen-bond acceptors (Lipinski definition) is 4. The minimum absolute atomic E-state index is 0.430. The van der Waals surface area contributed by atoms with Gasteiger partial charge in [-0.2, -0.15) is 4.98 Å². The van der Waals surface area contributed by atoms with Crippen molar-refractivity contribution in [2.75, 3.05) is 5.32 Å². The fourth-order valence-electron chi connectivity index (χ4n) is 1.67. The van der Waals surface area contributed by atoms with Crippen LogP contribution >= 0.6 is 0 Å². The number of hydrogen-bond donors (Lipinski definition) is 2. The maximum Gasteiger partial charge on any atom is 0.409 e. The lowest BCUT2D eigenvalue weighted by molar-refractivity contribution is 0.210. The van der Waals surface area contributed by atoms with E-state index in [2.05, 4.69) is 15.5 Å². The Morgan fingerprint density at radius 3 is 2.67 bits per heavy atom. The van der Waals surface area contributed by atoms with Crippen LogP contribution in [0.25, 0.3) is 11.4 Å². The molecule has 6 heteroatoms. The average Bonchev–Trinajstić information content (AvgIpc) is 3.08. The first-order valence-electron chi connectivity index (χ1n) is 5.66. The summed E-state index contributed by atoms with van der Waals surface area (Å²) in [6, 6.07) is 6.84. The van der Waals surface area contributed by atoms with Crippen molar-refractivity contribution in [2.45, 2.75) is 18.8 Å². The molecule has 92 valence electrons. The molecule has 0 aliphatic heterocycles. The van der Waals surface area contributed by atoms with Crippen LogP contribution in [0.3, 0.4) is 0 Å². The topological polar surface area (TPSA) is 88.2 Å². The summed E-state index contributed by atoms with van der Waals surface area (Å²) >= 11 is 0. The number of anilines is 1. The first kappa shape index (κ1) is 10.8. The van der Waals surface area contributed by atoms with Gasteiger partial charge in [-0.15, -0.1) is 0 Å². The van der Waals surface area contributed by atoms with Crippen LogP contribution in [-0.2, 0) is 0 Å². The third-order valence-electron chi connectivity index (χ3n) is 2.76. The van der Waals surface area contributed by atoms with Gasteiger partial charge in [0.15, 0.2) is 0 Å². The molecule has 1 saturated carbocycles. The van der Waals surface area contributed by atoms with Crippen LogP contribution in [0, 0.1) is 0 Å². The molecule has 3 rings (SSSR count). The lowest BCUT2D eigenvalue weighted by Gasteiger charge is -2.00. The molecular formula is C12H11N3O3. The predicted octanol–water partition coefficient (Wildman–Crippen LogP) is 2.70. The van der Waals surface area contributed by atoms with Crippen LogP contribution in [0.2, 0.25) is 0 Å². The van der Waals surface area contributed by atoms with E-state index in [1.54, 1.807) is 24.3 Å². The number of amides is 1. The minimum atomic E-state index is -1.08. The van der Waals surface area contributed by atoms with Gasteiger partial charge in [-0.05, 0) is 37.1 Å². The monoisotopic (exact) mass is 245 g/mol. The maximum atomic E-state index is 10.5. The Morgan fingerprint density at radius 2 is 2.06 bits per heavy atom. The van der Waals surface area contributed by atoms with Crippen molar-refractivity contribution < 1.29 is 14.4 Å². The van der Waals surface area contributed by atoms with E-state index in [-0.39, 0.29) is 0 Å². The molecule has 0 bridgehead atoms. The first-order valence-corrected chi connectivity index (χ1v) is 5.66. The van der Waals surface area contributed by atoms with Gasteiger partial charge in [0, 0.05) is 17.2 Å². The highest BCUT2D eigenvalue weighted by Crippen LogP contribution is 2.39. The fourth-order valence-corrected chi connectivity index (χ4v) is 1.67. The van der Waals surface area contributed by atoms with E-state index in [0.717, 1.165) is 18.4 Å². The lowest BCUT2D eigenvalue weighted by atomic mass is 10.2. The molecule has 1 heterocycles. The van der Waals surface area contributed by atoms with Crippen molar-refractivity contribution in [3.05, 3.63) is 30.2 Å². The molecule has 2 aromatic rings. The van der Waals surface area contributed by atoms with Gasteiger partial charge in [-0.25, -0.2) is 4.79 Å². The summed E-state index contributed by atoms with van der Waals surface area (Å²) in [6.45, 7) is 0. The van der Waals surface area contributed by atoms with E-state index in [1.165, 1.54) is 0 Å². The lowest BCUT2D eigenvalue weighted by Crippen LogP contribution is -2.06. The minimum Gasteiger partial charge on any atom is -0.465 e. The smallest absolute Gasteiger partial charge is 0.409 e. The standard InChI is InChI=1S/C12H11N3O3/c16-12(17)13-9-5-3-7(4-6-9)10-14-11(18-15-10)8-1-2-8/h3-6,8,13H,1-2H2,(H,16,17). The van der Waals surface area contributed by atoms with Gasteiger partial charge in [0.05, 0.1) is 0 Å². The average molecular weight is 245 g/mol. The molecule has 0 radical (unpaired) electrons. The Morgan fingerprint density at radius 1 is 1.33 bits per heavy atom. The zero-order chi connectivity index (χ0) is 12.5. The van der Waals surface area contributed by atoms with Gasteiger partial charge in [0.2, 0.25) is 11.7 Å². The molecule has 1 aromatic carbocycles. The van der Waals surface area contributed by atoms with Gasteiger partial charge in [-0.1, -0.05) is 5.16 Å². The van der Waals surface area contributed by atoms with Crippen LogP contribution in [0.5, 0.6) is 0 Å². The Hall–Kier alpha value is -2.37. The molecule has 1 aliphatic rings. The molecule has 6 nitrogen and oxygen atoms in total. The predicted molar refractivity (Wildman–Crippen MR) is 63.4 cm³/mol. The fraction of sp³-hybridized carbons (Fsp3) is 0.250. The van der Waals surface area contributed by atoms with E-state index < -0.39 is 6.09 Å². The van der Waals surface area contributed by atoms with Gasteiger partial charge in [0.25, 0.3) is 0 Å². The third-order valence-corrected chi connectivity index (χ3v) is 2.76. The van der Waals surface area contributed by atoms with Gasteiger partial charge in [-0.3, -0.25) is 5.32 Å². The molecule has 0 unspecified atom stereocenters. The number of aromatic nitrogens is 2. The zero-order valence-corrected chi connectivity index (χ0v) is 9.46. The van der Waals surface area contributed by atoms with E-state index in [4.69, 9.17) is 9.63 Å². The Kier molecular flexibility index (Phi) is 2.47. The van der Waals surface area contributed by atoms with Crippen molar-refractivity contribution in [3.63, 3.8) is 0 Å². The summed E-state index contributed by atoms with van der Waals surface area (Å²) in [5.41, 5.74) is 1.32. The Labute approximate surface area is 103 Å². The number of nitrogens with zero attached hydrogens (tertiary/aromatic N) is 2. The SMILES string of the molecule is O=C(O)Nc1ccc(-c2noc(C3CC3)n2)cc1. The summed E-state index contributed by atoms with van der Waals surface area (Å²) in [5.74, 6) is 1.66. The molecule has 1 aromatic heterocycles. The summed E-state index contributed by atoms with van der Waals surface area (Å²) in [4.78, 5) is 14.8. The van der Waals surface area contributed by atoms with Crippen LogP contribution in [0.1, 0.15) is 24.7 Å². The van der Waals surface area contributed by atoms with Crippen molar-refractivity contribution in [3.8, 4) is 11.4 Å². The second-order valence-electron chi connectivity index (χ2n) is 4.24. The highest BCUT2D eigenvalue weighted by Gasteiger charge is 2.29. The van der Waals surface area contributed by atoms with Crippen LogP contribution in [0.4, 0.5) is 10.5 Å². The van der Waals surface area contributed by atoms with Crippen molar-refractivity contribution >= 4 is 11.8 Å². The summed E-state index contributed by atoms with van der Waals surface area (Å²) in [5, 5.41) is 14.8. The van der Waals surface area contributed by atoms with Crippen molar-refractivity contribution in [1.29, 1.82) is 0 Å². The summed E-state index contributed by atoms with van der Waals surface area (Å²) in [6.07, 6.45) is 1.14. The van der Waals surface area contributed by atoms with Crippen molar-refractivity contribution in [2.24, 2.45) is 0 Å². The number of nitrogens with one attached hydrogen (secondary N) is 1. The molecule has 0 saturated heterocycles. The molecular weight excluding hydrogens is 234 g/mol. The maximum absolute atomic E-state index is 10.5. The number of carbonyl (C=O) groups is 1. The molecule has 0 spiro atoms.